The van der Waals surface area contributed by atoms with Crippen LogP contribution in [0.5, 0.6) is 5.75 Å². The topological polar surface area (TPSA) is 90.1 Å². The van der Waals surface area contributed by atoms with Crippen molar-refractivity contribution in [3.63, 3.8) is 0 Å². The van der Waals surface area contributed by atoms with E-state index in [1.165, 1.54) is 11.3 Å². The lowest BCUT2D eigenvalue weighted by molar-refractivity contribution is -0.116. The summed E-state index contributed by atoms with van der Waals surface area (Å²) in [6, 6.07) is 5.70. The summed E-state index contributed by atoms with van der Waals surface area (Å²) in [7, 11) is 0. The maximum absolute atomic E-state index is 12.1. The molecule has 1 N–H and O–H groups in total. The Labute approximate surface area is 149 Å². The van der Waals surface area contributed by atoms with Crippen LogP contribution in [-0.4, -0.2) is 27.6 Å². The highest BCUT2D eigenvalue weighted by Crippen LogP contribution is 2.29. The fraction of sp³-hybridized carbons (Fsp3) is 0.412. The van der Waals surface area contributed by atoms with Gasteiger partial charge in [-0.15, -0.1) is 0 Å². The Hall–Kier alpha value is -2.48. The van der Waals surface area contributed by atoms with Crippen molar-refractivity contribution in [2.45, 2.75) is 39.5 Å². The quantitative estimate of drug-likeness (QED) is 0.660. The Balaban J connectivity index is 1.57. The van der Waals surface area contributed by atoms with Gasteiger partial charge in [-0.3, -0.25) is 4.79 Å². The Morgan fingerprint density at radius 2 is 2.16 bits per heavy atom. The molecule has 0 radical (unpaired) electrons. The highest BCUT2D eigenvalue weighted by atomic mass is 32.1. The van der Waals surface area contributed by atoms with Crippen LogP contribution in [0.25, 0.3) is 10.2 Å². The molecule has 0 atom stereocenters. The molecule has 1 amide bonds. The van der Waals surface area contributed by atoms with Crippen LogP contribution in [0, 0.1) is 0 Å². The van der Waals surface area contributed by atoms with Gasteiger partial charge in [-0.05, 0) is 31.5 Å². The lowest BCUT2D eigenvalue weighted by atomic mass is 10.3. The average Bonchev–Trinajstić information content (AvgIpc) is 3.19. The predicted octanol–water partition coefficient (Wildman–Crippen LogP) is 3.60. The maximum Gasteiger partial charge on any atom is 0.227 e. The number of carbonyl (C=O) groups is 1. The van der Waals surface area contributed by atoms with Crippen molar-refractivity contribution in [2.24, 2.45) is 0 Å². The first-order valence-electron chi connectivity index (χ1n) is 8.32. The van der Waals surface area contributed by atoms with Gasteiger partial charge in [0.25, 0.3) is 0 Å². The third-order valence-corrected chi connectivity index (χ3v) is 4.40. The minimum absolute atomic E-state index is 0.126. The molecule has 3 aromatic rings. The first kappa shape index (κ1) is 17.3. The summed E-state index contributed by atoms with van der Waals surface area (Å²) >= 11 is 1.42. The van der Waals surface area contributed by atoms with Gasteiger partial charge in [0, 0.05) is 19.3 Å². The Kier molecular flexibility index (Phi) is 5.60. The van der Waals surface area contributed by atoms with Crippen LogP contribution in [-0.2, 0) is 17.6 Å². The van der Waals surface area contributed by atoms with Gasteiger partial charge in [-0.2, -0.15) is 4.98 Å². The molecule has 0 unspecified atom stereocenters. The molecule has 0 bridgehead atoms. The minimum Gasteiger partial charge on any atom is -0.494 e. The highest BCUT2D eigenvalue weighted by Gasteiger charge is 2.11. The van der Waals surface area contributed by atoms with Crippen LogP contribution in [0.2, 0.25) is 0 Å². The van der Waals surface area contributed by atoms with E-state index >= 15 is 0 Å². The van der Waals surface area contributed by atoms with E-state index in [1.54, 1.807) is 0 Å². The van der Waals surface area contributed by atoms with Crippen molar-refractivity contribution in [3.8, 4) is 5.75 Å². The predicted molar refractivity (Wildman–Crippen MR) is 96.0 cm³/mol. The van der Waals surface area contributed by atoms with Crippen LogP contribution in [0.3, 0.4) is 0 Å². The number of rotatable bonds is 8. The minimum atomic E-state index is -0.126. The van der Waals surface area contributed by atoms with Gasteiger partial charge in [0.15, 0.2) is 11.0 Å². The van der Waals surface area contributed by atoms with Gasteiger partial charge in [0.1, 0.15) is 5.75 Å². The lowest BCUT2D eigenvalue weighted by Gasteiger charge is -2.00. The summed E-state index contributed by atoms with van der Waals surface area (Å²) in [6.45, 7) is 4.61. The summed E-state index contributed by atoms with van der Waals surface area (Å²) < 4.78 is 11.6. The number of nitrogens with zero attached hydrogens (tertiary/aromatic N) is 3. The molecule has 132 valence electrons. The second kappa shape index (κ2) is 8.06. The van der Waals surface area contributed by atoms with Crippen LogP contribution >= 0.6 is 11.3 Å². The highest BCUT2D eigenvalue weighted by molar-refractivity contribution is 7.22. The third-order valence-electron chi connectivity index (χ3n) is 3.47. The maximum atomic E-state index is 12.1. The third kappa shape index (κ3) is 4.54. The molecular weight excluding hydrogens is 340 g/mol. The second-order valence-electron chi connectivity index (χ2n) is 5.48. The number of hydrogen-bond donors (Lipinski definition) is 1. The van der Waals surface area contributed by atoms with Crippen molar-refractivity contribution < 1.29 is 14.1 Å². The number of fused-ring (bicyclic) bond motifs is 1. The number of anilines is 1. The number of carbonyl (C=O) groups excluding carboxylic acids is 1. The number of ether oxygens (including phenoxy) is 1. The van der Waals surface area contributed by atoms with Gasteiger partial charge >= 0.3 is 0 Å². The van der Waals surface area contributed by atoms with E-state index in [1.807, 2.05) is 25.1 Å². The largest absolute Gasteiger partial charge is 0.494 e. The monoisotopic (exact) mass is 360 g/mol. The number of thiazole rings is 1. The van der Waals surface area contributed by atoms with Crippen molar-refractivity contribution in [2.75, 3.05) is 11.9 Å². The van der Waals surface area contributed by atoms with E-state index in [0.717, 1.165) is 28.8 Å². The van der Waals surface area contributed by atoms with Crippen molar-refractivity contribution >= 4 is 32.6 Å². The number of amides is 1. The fourth-order valence-electron chi connectivity index (χ4n) is 2.33. The summed E-state index contributed by atoms with van der Waals surface area (Å²) in [5, 5.41) is 7.28. The smallest absolute Gasteiger partial charge is 0.227 e. The lowest BCUT2D eigenvalue weighted by Crippen LogP contribution is -2.12. The molecule has 2 aromatic heterocycles. The van der Waals surface area contributed by atoms with Crippen LogP contribution in [0.15, 0.2) is 22.7 Å². The average molecular weight is 360 g/mol. The zero-order valence-corrected chi connectivity index (χ0v) is 15.1. The SMILES string of the molecule is CCCc1noc(CCC(=O)Nc2nc3ccc(OCC)cc3s2)n1. The molecule has 8 heteroatoms. The molecule has 0 saturated heterocycles. The van der Waals surface area contributed by atoms with Crippen LogP contribution in [0.4, 0.5) is 5.13 Å². The van der Waals surface area contributed by atoms with Gasteiger partial charge in [0.2, 0.25) is 11.8 Å². The van der Waals surface area contributed by atoms with Gasteiger partial charge in [-0.25, -0.2) is 4.98 Å². The van der Waals surface area contributed by atoms with Crippen molar-refractivity contribution in [3.05, 3.63) is 29.9 Å². The van der Waals surface area contributed by atoms with Gasteiger partial charge in [0.05, 0.1) is 16.8 Å². The molecule has 0 aliphatic carbocycles. The Morgan fingerprint density at radius 1 is 1.28 bits per heavy atom. The van der Waals surface area contributed by atoms with Gasteiger partial charge < -0.3 is 14.6 Å². The van der Waals surface area contributed by atoms with Crippen molar-refractivity contribution in [1.82, 2.24) is 15.1 Å². The number of nitrogens with one attached hydrogen (secondary N) is 1. The number of aromatic nitrogens is 3. The molecule has 1 aromatic carbocycles. The zero-order chi connectivity index (χ0) is 17.6. The molecule has 25 heavy (non-hydrogen) atoms. The summed E-state index contributed by atoms with van der Waals surface area (Å²) in [6.07, 6.45) is 2.43. The van der Waals surface area contributed by atoms with Crippen LogP contribution in [0.1, 0.15) is 38.4 Å². The van der Waals surface area contributed by atoms with E-state index in [9.17, 15) is 4.79 Å². The Bertz CT molecular complexity index is 859. The summed E-state index contributed by atoms with van der Waals surface area (Å²) in [5.74, 6) is 1.86. The van der Waals surface area contributed by atoms with E-state index < -0.39 is 0 Å². The molecular formula is C17H20N4O3S. The fourth-order valence-corrected chi connectivity index (χ4v) is 3.24. The number of benzene rings is 1. The molecule has 0 spiro atoms. The van der Waals surface area contributed by atoms with E-state index in [-0.39, 0.29) is 12.3 Å². The number of aryl methyl sites for hydroxylation is 2. The molecule has 0 aliphatic heterocycles. The number of hydrogen-bond acceptors (Lipinski definition) is 7. The second-order valence-corrected chi connectivity index (χ2v) is 6.51. The summed E-state index contributed by atoms with van der Waals surface area (Å²) in [4.78, 5) is 20.8. The normalized spacial score (nSPS) is 11.0. The molecule has 3 rings (SSSR count). The first-order valence-corrected chi connectivity index (χ1v) is 9.14. The van der Waals surface area contributed by atoms with Crippen molar-refractivity contribution in [1.29, 1.82) is 0 Å². The Morgan fingerprint density at radius 3 is 2.96 bits per heavy atom. The molecule has 0 saturated carbocycles. The molecule has 0 aliphatic rings. The first-order chi connectivity index (χ1) is 12.2. The standard InChI is InChI=1S/C17H20N4O3S/c1-3-5-14-19-16(24-21-14)9-8-15(22)20-17-18-12-7-6-11(23-4-2)10-13(12)25-17/h6-7,10H,3-5,8-9H2,1-2H3,(H,18,20,22). The molecule has 2 heterocycles. The van der Waals surface area contributed by atoms with E-state index in [4.69, 9.17) is 9.26 Å². The molecule has 0 fully saturated rings. The van der Waals surface area contributed by atoms with E-state index in [0.29, 0.717) is 29.9 Å². The molecule has 7 nitrogen and oxygen atoms in total. The van der Waals surface area contributed by atoms with E-state index in [2.05, 4.69) is 27.4 Å². The van der Waals surface area contributed by atoms with Gasteiger partial charge in [-0.1, -0.05) is 23.4 Å². The van der Waals surface area contributed by atoms with Crippen LogP contribution < -0.4 is 10.1 Å². The zero-order valence-electron chi connectivity index (χ0n) is 14.2. The summed E-state index contributed by atoms with van der Waals surface area (Å²) in [5.41, 5.74) is 0.838.